The summed E-state index contributed by atoms with van der Waals surface area (Å²) < 4.78 is 0. The van der Waals surface area contributed by atoms with E-state index in [0.29, 0.717) is 23.6 Å². The van der Waals surface area contributed by atoms with Crippen molar-refractivity contribution in [3.8, 4) is 0 Å². The fourth-order valence-electron chi connectivity index (χ4n) is 2.85. The smallest absolute Gasteiger partial charge is 0.254 e. The number of nitrogens with zero attached hydrogens (tertiary/aromatic N) is 2. The molecule has 0 aliphatic carbocycles. The van der Waals surface area contributed by atoms with Crippen molar-refractivity contribution < 1.29 is 4.79 Å². The Morgan fingerprint density at radius 3 is 2.60 bits per heavy atom. The molecule has 0 aliphatic heterocycles. The Bertz CT molecular complexity index is 932. The molecule has 0 saturated heterocycles. The number of benzene rings is 1. The summed E-state index contributed by atoms with van der Waals surface area (Å²) in [5.41, 5.74) is 1.80. The molecule has 1 amide bonds. The normalized spacial score (nSPS) is 11.0. The van der Waals surface area contributed by atoms with Crippen LogP contribution in [0.2, 0.25) is 0 Å². The van der Waals surface area contributed by atoms with Gasteiger partial charge in [-0.15, -0.1) is 0 Å². The summed E-state index contributed by atoms with van der Waals surface area (Å²) in [5.74, 6) is 0.203. The first-order chi connectivity index (χ1) is 12.0. The highest BCUT2D eigenvalue weighted by Crippen LogP contribution is 2.14. The first-order valence-corrected chi connectivity index (χ1v) is 8.35. The number of hydrogen-bond acceptors (Lipinski definition) is 3. The predicted molar refractivity (Wildman–Crippen MR) is 98.4 cm³/mol. The third-order valence-electron chi connectivity index (χ3n) is 3.99. The lowest BCUT2D eigenvalue weighted by Gasteiger charge is -2.24. The van der Waals surface area contributed by atoms with Gasteiger partial charge in [0.25, 0.3) is 11.5 Å². The van der Waals surface area contributed by atoms with E-state index in [4.69, 9.17) is 0 Å². The van der Waals surface area contributed by atoms with Crippen LogP contribution in [0.4, 0.5) is 0 Å². The lowest BCUT2D eigenvalue weighted by atomic mass is 10.1. The summed E-state index contributed by atoms with van der Waals surface area (Å²) in [7, 11) is 0. The van der Waals surface area contributed by atoms with Gasteiger partial charge in [-0.05, 0) is 35.6 Å². The topological polar surface area (TPSA) is 66.1 Å². The predicted octanol–water partition coefficient (Wildman–Crippen LogP) is 3.22. The van der Waals surface area contributed by atoms with Crippen molar-refractivity contribution in [1.82, 2.24) is 14.9 Å². The van der Waals surface area contributed by atoms with E-state index < -0.39 is 0 Å². The third-order valence-corrected chi connectivity index (χ3v) is 3.99. The van der Waals surface area contributed by atoms with E-state index >= 15 is 0 Å². The number of amides is 1. The lowest BCUT2D eigenvalue weighted by molar-refractivity contribution is 0.0722. The number of H-pyrrole nitrogens is 1. The second kappa shape index (κ2) is 7.30. The molecule has 128 valence electrons. The molecule has 0 spiro atoms. The largest absolute Gasteiger partial charge is 0.334 e. The minimum absolute atomic E-state index is 0.0938. The zero-order valence-electron chi connectivity index (χ0n) is 14.4. The van der Waals surface area contributed by atoms with Gasteiger partial charge in [-0.25, -0.2) is 0 Å². The van der Waals surface area contributed by atoms with Crippen molar-refractivity contribution in [3.63, 3.8) is 0 Å². The van der Waals surface area contributed by atoms with Gasteiger partial charge in [0.15, 0.2) is 0 Å². The second-order valence-corrected chi connectivity index (χ2v) is 6.53. The molecular formula is C20H21N3O2. The minimum Gasteiger partial charge on any atom is -0.334 e. The Labute approximate surface area is 146 Å². The van der Waals surface area contributed by atoms with Crippen LogP contribution in [0.15, 0.2) is 59.7 Å². The van der Waals surface area contributed by atoms with Crippen LogP contribution in [0.25, 0.3) is 10.9 Å². The van der Waals surface area contributed by atoms with Gasteiger partial charge in [0, 0.05) is 35.6 Å². The van der Waals surface area contributed by atoms with Crippen molar-refractivity contribution in [2.75, 3.05) is 6.54 Å². The van der Waals surface area contributed by atoms with Crippen LogP contribution in [0.1, 0.15) is 29.8 Å². The van der Waals surface area contributed by atoms with Crippen LogP contribution in [0.3, 0.4) is 0 Å². The summed E-state index contributed by atoms with van der Waals surface area (Å²) >= 11 is 0. The number of hydrogen-bond donors (Lipinski definition) is 1. The van der Waals surface area contributed by atoms with Crippen molar-refractivity contribution >= 4 is 16.8 Å². The molecule has 2 aromatic heterocycles. The lowest BCUT2D eigenvalue weighted by Crippen LogP contribution is -2.35. The van der Waals surface area contributed by atoms with Crippen LogP contribution in [0.5, 0.6) is 0 Å². The molecule has 1 N–H and O–H groups in total. The minimum atomic E-state index is -0.157. The van der Waals surface area contributed by atoms with Gasteiger partial charge in [-0.2, -0.15) is 0 Å². The summed E-state index contributed by atoms with van der Waals surface area (Å²) in [6, 6.07) is 12.9. The fourth-order valence-corrected chi connectivity index (χ4v) is 2.85. The van der Waals surface area contributed by atoms with Gasteiger partial charge >= 0.3 is 0 Å². The zero-order valence-corrected chi connectivity index (χ0v) is 14.4. The molecule has 0 atom stereocenters. The summed E-state index contributed by atoms with van der Waals surface area (Å²) in [6.07, 6.45) is 3.20. The number of para-hydroxylation sites is 1. The van der Waals surface area contributed by atoms with Gasteiger partial charge < -0.3 is 9.88 Å². The number of rotatable bonds is 5. The SMILES string of the molecule is CC(C)CN(Cc1cc2ccccc2[nH]c1=O)C(=O)c1ccncc1. The molecule has 2 heterocycles. The quantitative estimate of drug-likeness (QED) is 0.778. The summed E-state index contributed by atoms with van der Waals surface area (Å²) in [6.45, 7) is 4.96. The molecule has 0 unspecified atom stereocenters. The molecule has 1 aromatic carbocycles. The van der Waals surface area contributed by atoms with Crippen LogP contribution in [-0.2, 0) is 6.54 Å². The number of aromatic amines is 1. The Morgan fingerprint density at radius 1 is 1.16 bits per heavy atom. The van der Waals surface area contributed by atoms with Gasteiger partial charge in [-0.1, -0.05) is 32.0 Å². The Hall–Kier alpha value is -2.95. The molecule has 0 saturated carbocycles. The first-order valence-electron chi connectivity index (χ1n) is 8.35. The van der Waals surface area contributed by atoms with Crippen molar-refractivity contribution in [1.29, 1.82) is 0 Å². The van der Waals surface area contributed by atoms with E-state index in [0.717, 1.165) is 10.9 Å². The van der Waals surface area contributed by atoms with E-state index in [9.17, 15) is 9.59 Å². The van der Waals surface area contributed by atoms with Gasteiger partial charge in [-0.3, -0.25) is 14.6 Å². The van der Waals surface area contributed by atoms with E-state index in [1.165, 1.54) is 0 Å². The van der Waals surface area contributed by atoms with Crippen molar-refractivity contribution in [2.45, 2.75) is 20.4 Å². The van der Waals surface area contributed by atoms with Crippen LogP contribution >= 0.6 is 0 Å². The van der Waals surface area contributed by atoms with Crippen LogP contribution in [-0.4, -0.2) is 27.3 Å². The van der Waals surface area contributed by atoms with Gasteiger partial charge in [0.1, 0.15) is 0 Å². The summed E-state index contributed by atoms with van der Waals surface area (Å²) in [4.78, 5) is 33.8. The average Bonchev–Trinajstić information content (AvgIpc) is 2.61. The maximum Gasteiger partial charge on any atom is 0.254 e. The molecule has 0 aliphatic rings. The maximum atomic E-state index is 12.8. The number of aromatic nitrogens is 2. The highest BCUT2D eigenvalue weighted by molar-refractivity contribution is 5.94. The monoisotopic (exact) mass is 335 g/mol. The first kappa shape index (κ1) is 16.9. The Kier molecular flexibility index (Phi) is 4.93. The number of carbonyl (C=O) groups excluding carboxylic acids is 1. The highest BCUT2D eigenvalue weighted by atomic mass is 16.2. The van der Waals surface area contributed by atoms with E-state index in [2.05, 4.69) is 23.8 Å². The van der Waals surface area contributed by atoms with Crippen LogP contribution < -0.4 is 5.56 Å². The molecule has 0 radical (unpaired) electrons. The van der Waals surface area contributed by atoms with Gasteiger partial charge in [0.2, 0.25) is 0 Å². The molecule has 3 rings (SSSR count). The second-order valence-electron chi connectivity index (χ2n) is 6.53. The molecule has 0 fully saturated rings. The maximum absolute atomic E-state index is 12.8. The molecule has 0 bridgehead atoms. The molecular weight excluding hydrogens is 314 g/mol. The number of nitrogens with one attached hydrogen (secondary N) is 1. The number of carbonyl (C=O) groups is 1. The zero-order chi connectivity index (χ0) is 17.8. The molecule has 3 aromatic rings. The Morgan fingerprint density at radius 2 is 1.88 bits per heavy atom. The van der Waals surface area contributed by atoms with Crippen molar-refractivity contribution in [2.24, 2.45) is 5.92 Å². The average molecular weight is 335 g/mol. The van der Waals surface area contributed by atoms with Crippen molar-refractivity contribution in [3.05, 3.63) is 76.3 Å². The third kappa shape index (κ3) is 3.94. The Balaban J connectivity index is 1.94. The van der Waals surface area contributed by atoms with E-state index in [1.807, 2.05) is 30.3 Å². The fraction of sp³-hybridized carbons (Fsp3) is 0.250. The molecule has 5 nitrogen and oxygen atoms in total. The summed E-state index contributed by atoms with van der Waals surface area (Å²) in [5, 5.41) is 0.956. The van der Waals surface area contributed by atoms with E-state index in [1.54, 1.807) is 29.4 Å². The standard InChI is InChI=1S/C20H21N3O2/c1-14(2)12-23(20(25)15-7-9-21-10-8-15)13-17-11-16-5-3-4-6-18(16)22-19(17)24/h3-11,14H,12-13H2,1-2H3,(H,22,24). The van der Waals surface area contributed by atoms with Gasteiger partial charge in [0.05, 0.1) is 6.54 Å². The number of pyridine rings is 2. The van der Waals surface area contributed by atoms with Crippen LogP contribution in [0, 0.1) is 5.92 Å². The van der Waals surface area contributed by atoms with E-state index in [-0.39, 0.29) is 18.0 Å². The molecule has 25 heavy (non-hydrogen) atoms. The molecule has 5 heteroatoms. The number of fused-ring (bicyclic) bond motifs is 1. The highest BCUT2D eigenvalue weighted by Gasteiger charge is 2.18.